The fourth-order valence-corrected chi connectivity index (χ4v) is 4.52. The van der Waals surface area contributed by atoms with E-state index in [9.17, 15) is 18.8 Å². The maximum absolute atomic E-state index is 14.2. The van der Waals surface area contributed by atoms with Gasteiger partial charge in [0.1, 0.15) is 11.4 Å². The number of benzene rings is 1. The molecule has 2 aromatic rings. The highest BCUT2D eigenvalue weighted by Gasteiger charge is 2.48. The van der Waals surface area contributed by atoms with Gasteiger partial charge < -0.3 is 19.9 Å². The predicted octanol–water partition coefficient (Wildman–Crippen LogP) is 1.12. The number of anilines is 1. The van der Waals surface area contributed by atoms with E-state index in [1.807, 2.05) is 11.0 Å². The van der Waals surface area contributed by atoms with Crippen LogP contribution in [0.4, 0.5) is 14.9 Å². The van der Waals surface area contributed by atoms with Crippen LogP contribution in [0, 0.1) is 11.7 Å². The second kappa shape index (κ2) is 9.18. The van der Waals surface area contributed by atoms with Gasteiger partial charge in [-0.25, -0.2) is 9.18 Å². The number of aromatic nitrogens is 2. The molecule has 2 unspecified atom stereocenters. The maximum Gasteiger partial charge on any atom is 0.322 e. The molecule has 0 bridgehead atoms. The van der Waals surface area contributed by atoms with E-state index in [-0.39, 0.29) is 24.8 Å². The molecule has 0 radical (unpaired) electrons. The molecule has 176 valence electrons. The van der Waals surface area contributed by atoms with Crippen molar-refractivity contribution < 1.29 is 23.5 Å². The third kappa shape index (κ3) is 4.68. The average Bonchev–Trinajstić information content (AvgIpc) is 3.41. The summed E-state index contributed by atoms with van der Waals surface area (Å²) in [6, 6.07) is 4.27. The number of carbonyl (C=O) groups is 3. The number of ether oxygens (including phenoxy) is 1. The molecule has 3 heterocycles. The number of nitrogens with one attached hydrogen (secondary N) is 3. The minimum absolute atomic E-state index is 0.0193. The summed E-state index contributed by atoms with van der Waals surface area (Å²) in [7, 11) is 1.44. The van der Waals surface area contributed by atoms with Gasteiger partial charge in [0.15, 0.2) is 0 Å². The van der Waals surface area contributed by atoms with Crippen molar-refractivity contribution in [2.75, 3.05) is 44.8 Å². The van der Waals surface area contributed by atoms with Crippen molar-refractivity contribution in [3.05, 3.63) is 36.4 Å². The zero-order chi connectivity index (χ0) is 23.6. The van der Waals surface area contributed by atoms with Gasteiger partial charge in [-0.2, -0.15) is 5.10 Å². The zero-order valence-electron chi connectivity index (χ0n) is 18.6. The van der Waals surface area contributed by atoms with E-state index in [2.05, 4.69) is 20.8 Å². The molecular formula is C22H27FN6O4. The van der Waals surface area contributed by atoms with Gasteiger partial charge in [-0.3, -0.25) is 20.0 Å². The van der Waals surface area contributed by atoms with Crippen LogP contribution in [0.2, 0.25) is 0 Å². The molecule has 4 amide bonds. The van der Waals surface area contributed by atoms with Crippen LogP contribution >= 0.6 is 0 Å². The zero-order valence-corrected chi connectivity index (χ0v) is 18.6. The van der Waals surface area contributed by atoms with Crippen molar-refractivity contribution in [2.24, 2.45) is 5.92 Å². The van der Waals surface area contributed by atoms with Crippen LogP contribution in [-0.2, 0) is 14.3 Å². The Morgan fingerprint density at radius 2 is 1.97 bits per heavy atom. The maximum atomic E-state index is 14.2. The summed E-state index contributed by atoms with van der Waals surface area (Å²) in [6.07, 6.45) is 3.48. The number of imide groups is 1. The fraction of sp³-hybridized carbons (Fsp3) is 0.455. The van der Waals surface area contributed by atoms with Gasteiger partial charge in [0.05, 0.1) is 12.8 Å². The molecule has 2 fully saturated rings. The normalized spacial score (nSPS) is 21.7. The molecule has 2 saturated heterocycles. The van der Waals surface area contributed by atoms with Crippen molar-refractivity contribution in [1.29, 1.82) is 0 Å². The Morgan fingerprint density at radius 3 is 2.58 bits per heavy atom. The summed E-state index contributed by atoms with van der Waals surface area (Å²) in [4.78, 5) is 40.8. The van der Waals surface area contributed by atoms with Gasteiger partial charge in [0, 0.05) is 56.7 Å². The molecule has 0 aliphatic carbocycles. The van der Waals surface area contributed by atoms with E-state index < -0.39 is 23.4 Å². The Labute approximate surface area is 190 Å². The molecule has 2 atom stereocenters. The first-order chi connectivity index (χ1) is 15.8. The van der Waals surface area contributed by atoms with Crippen LogP contribution in [0.5, 0.6) is 0 Å². The summed E-state index contributed by atoms with van der Waals surface area (Å²) in [6.45, 7) is 3.76. The Morgan fingerprint density at radius 1 is 1.21 bits per heavy atom. The third-order valence-electron chi connectivity index (χ3n) is 6.15. The number of amides is 4. The van der Waals surface area contributed by atoms with Crippen LogP contribution in [0.25, 0.3) is 11.1 Å². The fourth-order valence-electron chi connectivity index (χ4n) is 4.52. The van der Waals surface area contributed by atoms with E-state index >= 15 is 0 Å². The second-order valence-electron chi connectivity index (χ2n) is 8.53. The number of hydrogen-bond donors (Lipinski definition) is 3. The standard InChI is InChI=1S/C22H27FN6O4/c1-14(10-22(13-33-2)20(31)26-21(32)27-22)19(30)29-5-3-28(4-6-29)18-8-15(7-17(23)9-18)16-11-24-25-12-16/h7-9,11-12,14H,3-6,10,13H2,1-2H3,(H,24,25)(H2,26,27,31,32). The minimum Gasteiger partial charge on any atom is -0.382 e. The van der Waals surface area contributed by atoms with E-state index in [4.69, 9.17) is 4.74 Å². The van der Waals surface area contributed by atoms with Crippen molar-refractivity contribution in [3.63, 3.8) is 0 Å². The van der Waals surface area contributed by atoms with Crippen LogP contribution in [0.15, 0.2) is 30.6 Å². The number of nitrogens with zero attached hydrogens (tertiary/aromatic N) is 3. The first-order valence-electron chi connectivity index (χ1n) is 10.8. The summed E-state index contributed by atoms with van der Waals surface area (Å²) in [5.41, 5.74) is 1.02. The minimum atomic E-state index is -1.26. The lowest BCUT2D eigenvalue weighted by molar-refractivity contribution is -0.137. The molecule has 0 saturated carbocycles. The monoisotopic (exact) mass is 458 g/mol. The molecule has 10 nitrogen and oxygen atoms in total. The summed E-state index contributed by atoms with van der Waals surface area (Å²) >= 11 is 0. The van der Waals surface area contributed by atoms with Crippen LogP contribution in [-0.4, -0.2) is 78.4 Å². The quantitative estimate of drug-likeness (QED) is 0.535. The van der Waals surface area contributed by atoms with Gasteiger partial charge >= 0.3 is 6.03 Å². The van der Waals surface area contributed by atoms with Gasteiger partial charge in [-0.05, 0) is 30.2 Å². The van der Waals surface area contributed by atoms with Crippen LogP contribution in [0.1, 0.15) is 13.3 Å². The predicted molar refractivity (Wildman–Crippen MR) is 118 cm³/mol. The Kier molecular flexibility index (Phi) is 6.32. The van der Waals surface area contributed by atoms with E-state index in [0.717, 1.165) is 16.8 Å². The van der Waals surface area contributed by atoms with Gasteiger partial charge in [-0.1, -0.05) is 6.92 Å². The molecule has 2 aliphatic rings. The molecule has 3 N–H and O–H groups in total. The second-order valence-corrected chi connectivity index (χ2v) is 8.53. The van der Waals surface area contributed by atoms with Crippen LogP contribution in [0.3, 0.4) is 0 Å². The number of carbonyl (C=O) groups excluding carboxylic acids is 3. The van der Waals surface area contributed by atoms with E-state index in [1.165, 1.54) is 19.2 Å². The Bertz CT molecular complexity index is 1040. The number of hydrogen-bond acceptors (Lipinski definition) is 6. The molecule has 1 aromatic carbocycles. The molecule has 11 heteroatoms. The van der Waals surface area contributed by atoms with Crippen LogP contribution < -0.4 is 15.5 Å². The molecule has 4 rings (SSSR count). The number of rotatable bonds is 7. The highest BCUT2D eigenvalue weighted by Crippen LogP contribution is 2.28. The van der Waals surface area contributed by atoms with Gasteiger partial charge in [0.25, 0.3) is 5.91 Å². The molecule has 0 spiro atoms. The van der Waals surface area contributed by atoms with Crippen molar-refractivity contribution in [1.82, 2.24) is 25.7 Å². The SMILES string of the molecule is COCC1(CC(C)C(=O)N2CCN(c3cc(F)cc(-c4cn[nH]c4)c3)CC2)NC(=O)NC1=O. The number of aromatic amines is 1. The number of urea groups is 1. The molecule has 1 aromatic heterocycles. The van der Waals surface area contributed by atoms with Crippen molar-refractivity contribution in [2.45, 2.75) is 18.9 Å². The summed E-state index contributed by atoms with van der Waals surface area (Å²) in [5, 5.41) is 11.5. The smallest absolute Gasteiger partial charge is 0.322 e. The number of halogens is 1. The lowest BCUT2D eigenvalue weighted by atomic mass is 9.88. The van der Waals surface area contributed by atoms with E-state index in [1.54, 1.807) is 24.2 Å². The van der Waals surface area contributed by atoms with Gasteiger partial charge in [-0.15, -0.1) is 0 Å². The average molecular weight is 458 g/mol. The Hall–Kier alpha value is -3.47. The Balaban J connectivity index is 1.39. The number of H-pyrrole nitrogens is 1. The number of piperazine rings is 1. The number of methoxy groups -OCH3 is 1. The topological polar surface area (TPSA) is 120 Å². The van der Waals surface area contributed by atoms with Gasteiger partial charge in [0.2, 0.25) is 5.91 Å². The lowest BCUT2D eigenvalue weighted by Crippen LogP contribution is -2.55. The molecule has 2 aliphatic heterocycles. The van der Waals surface area contributed by atoms with Crippen molar-refractivity contribution in [3.8, 4) is 11.1 Å². The third-order valence-corrected chi connectivity index (χ3v) is 6.15. The highest BCUT2D eigenvalue weighted by atomic mass is 19.1. The van der Waals surface area contributed by atoms with E-state index in [0.29, 0.717) is 26.2 Å². The first-order valence-corrected chi connectivity index (χ1v) is 10.8. The largest absolute Gasteiger partial charge is 0.382 e. The molecular weight excluding hydrogens is 431 g/mol. The first kappa shape index (κ1) is 22.7. The summed E-state index contributed by atoms with van der Waals surface area (Å²) < 4.78 is 19.4. The van der Waals surface area contributed by atoms with Crippen molar-refractivity contribution >= 4 is 23.5 Å². The highest BCUT2D eigenvalue weighted by molar-refractivity contribution is 6.07. The lowest BCUT2D eigenvalue weighted by Gasteiger charge is -2.38. The summed E-state index contributed by atoms with van der Waals surface area (Å²) in [5.74, 6) is -1.43. The molecule has 33 heavy (non-hydrogen) atoms.